The second-order valence-electron chi connectivity index (χ2n) is 4.84. The first-order valence-electron chi connectivity index (χ1n) is 6.81. The number of aromatic amines is 1. The average Bonchev–Trinajstić information content (AvgIpc) is 2.92. The van der Waals surface area contributed by atoms with E-state index < -0.39 is 0 Å². The third kappa shape index (κ3) is 2.88. The molecule has 0 aromatic carbocycles. The van der Waals surface area contributed by atoms with Crippen LogP contribution in [0.15, 0.2) is 35.6 Å². The summed E-state index contributed by atoms with van der Waals surface area (Å²) in [5.41, 5.74) is -0.0404. The molecule has 0 saturated carbocycles. The van der Waals surface area contributed by atoms with Crippen LogP contribution in [0.4, 0.5) is 5.95 Å². The van der Waals surface area contributed by atoms with Crippen LogP contribution in [0.2, 0.25) is 0 Å². The highest BCUT2D eigenvalue weighted by Gasteiger charge is 2.18. The van der Waals surface area contributed by atoms with E-state index >= 15 is 0 Å². The predicted molar refractivity (Wildman–Crippen MR) is 75.7 cm³/mol. The largest absolute Gasteiger partial charge is 0.338 e. The number of nitrogens with zero attached hydrogens (tertiary/aromatic N) is 5. The predicted octanol–water partition coefficient (Wildman–Crippen LogP) is -0.211. The Labute approximate surface area is 116 Å². The van der Waals surface area contributed by atoms with Gasteiger partial charge in [0.05, 0.1) is 0 Å². The zero-order chi connectivity index (χ0) is 13.8. The summed E-state index contributed by atoms with van der Waals surface area (Å²) in [5, 5.41) is 0. The van der Waals surface area contributed by atoms with Gasteiger partial charge in [-0.1, -0.05) is 0 Å². The van der Waals surface area contributed by atoms with Crippen molar-refractivity contribution in [3.05, 3.63) is 41.3 Å². The van der Waals surface area contributed by atoms with Gasteiger partial charge < -0.3 is 9.88 Å². The molecule has 0 atom stereocenters. The lowest BCUT2D eigenvalue weighted by atomic mass is 10.3. The molecule has 1 N–H and O–H groups in total. The van der Waals surface area contributed by atoms with Gasteiger partial charge in [0.2, 0.25) is 5.95 Å². The van der Waals surface area contributed by atoms with Crippen molar-refractivity contribution in [1.82, 2.24) is 24.4 Å². The van der Waals surface area contributed by atoms with Gasteiger partial charge >= 0.3 is 5.69 Å². The van der Waals surface area contributed by atoms with Gasteiger partial charge in [0, 0.05) is 64.1 Å². The Bertz CT molecular complexity index is 584. The van der Waals surface area contributed by atoms with Gasteiger partial charge in [-0.3, -0.25) is 9.47 Å². The van der Waals surface area contributed by atoms with Gasteiger partial charge in [0.25, 0.3) is 0 Å². The Morgan fingerprint density at radius 1 is 1.10 bits per heavy atom. The molecular formula is C13H18N6O. The number of hydrogen-bond donors (Lipinski definition) is 1. The smallest absolute Gasteiger partial charge is 0.325 e. The number of rotatable bonds is 4. The van der Waals surface area contributed by atoms with Crippen LogP contribution in [0.5, 0.6) is 0 Å². The molecular weight excluding hydrogens is 256 g/mol. The maximum Gasteiger partial charge on any atom is 0.325 e. The first-order valence-corrected chi connectivity index (χ1v) is 6.81. The first kappa shape index (κ1) is 12.9. The summed E-state index contributed by atoms with van der Waals surface area (Å²) in [6.45, 7) is 5.40. The molecule has 0 spiro atoms. The second-order valence-corrected chi connectivity index (χ2v) is 4.84. The summed E-state index contributed by atoms with van der Waals surface area (Å²) >= 11 is 0. The van der Waals surface area contributed by atoms with Crippen molar-refractivity contribution in [3.8, 4) is 0 Å². The van der Waals surface area contributed by atoms with Crippen molar-refractivity contribution < 1.29 is 0 Å². The van der Waals surface area contributed by atoms with E-state index in [1.54, 1.807) is 29.4 Å². The average molecular weight is 274 g/mol. The summed E-state index contributed by atoms with van der Waals surface area (Å²) in [6, 6.07) is 1.83. The number of anilines is 1. The van der Waals surface area contributed by atoms with Crippen molar-refractivity contribution in [1.29, 1.82) is 0 Å². The molecule has 0 bridgehead atoms. The van der Waals surface area contributed by atoms with E-state index in [1.165, 1.54) is 0 Å². The Balaban J connectivity index is 1.49. The molecule has 2 aromatic rings. The van der Waals surface area contributed by atoms with E-state index in [0.717, 1.165) is 45.2 Å². The van der Waals surface area contributed by atoms with E-state index in [9.17, 15) is 4.79 Å². The van der Waals surface area contributed by atoms with Crippen LogP contribution >= 0.6 is 0 Å². The molecule has 3 rings (SSSR count). The van der Waals surface area contributed by atoms with E-state index in [4.69, 9.17) is 0 Å². The standard InChI is InChI=1S/C13H18N6O/c20-13-16-4-5-19(13)11-8-17-6-9-18(10-7-17)12-14-2-1-3-15-12/h1-5H,6-11H2,(H,16,20). The minimum atomic E-state index is -0.0404. The number of aromatic nitrogens is 4. The summed E-state index contributed by atoms with van der Waals surface area (Å²) < 4.78 is 1.70. The van der Waals surface area contributed by atoms with Crippen molar-refractivity contribution in [2.45, 2.75) is 6.54 Å². The fourth-order valence-corrected chi connectivity index (χ4v) is 2.40. The molecule has 0 amide bonds. The quantitative estimate of drug-likeness (QED) is 0.835. The lowest BCUT2D eigenvalue weighted by Crippen LogP contribution is -2.48. The summed E-state index contributed by atoms with van der Waals surface area (Å²) in [5.74, 6) is 0.800. The molecule has 0 radical (unpaired) electrons. The molecule has 7 heteroatoms. The molecule has 0 unspecified atom stereocenters. The van der Waals surface area contributed by atoms with Crippen LogP contribution in [0.1, 0.15) is 0 Å². The van der Waals surface area contributed by atoms with Crippen LogP contribution in [-0.2, 0) is 6.54 Å². The van der Waals surface area contributed by atoms with Crippen LogP contribution in [0.25, 0.3) is 0 Å². The Morgan fingerprint density at radius 3 is 2.50 bits per heavy atom. The molecule has 1 saturated heterocycles. The molecule has 1 fully saturated rings. The summed E-state index contributed by atoms with van der Waals surface area (Å²) in [7, 11) is 0. The molecule has 20 heavy (non-hydrogen) atoms. The van der Waals surface area contributed by atoms with Gasteiger partial charge in [-0.15, -0.1) is 0 Å². The van der Waals surface area contributed by atoms with Crippen molar-refractivity contribution in [2.24, 2.45) is 0 Å². The van der Waals surface area contributed by atoms with E-state index in [0.29, 0.717) is 0 Å². The highest BCUT2D eigenvalue weighted by molar-refractivity contribution is 5.29. The third-order valence-corrected chi connectivity index (χ3v) is 3.59. The molecule has 106 valence electrons. The molecule has 0 aliphatic carbocycles. The minimum absolute atomic E-state index is 0.0404. The Morgan fingerprint density at radius 2 is 1.85 bits per heavy atom. The SMILES string of the molecule is O=c1[nH]ccn1CCN1CCN(c2ncccn2)CC1. The topological polar surface area (TPSA) is 70.1 Å². The summed E-state index contributed by atoms with van der Waals surface area (Å²) in [6.07, 6.45) is 7.00. The van der Waals surface area contributed by atoms with Crippen LogP contribution in [0.3, 0.4) is 0 Å². The zero-order valence-corrected chi connectivity index (χ0v) is 11.3. The normalized spacial score (nSPS) is 16.5. The van der Waals surface area contributed by atoms with Crippen LogP contribution in [0, 0.1) is 0 Å². The van der Waals surface area contributed by atoms with Gasteiger partial charge in [0.15, 0.2) is 0 Å². The monoisotopic (exact) mass is 274 g/mol. The van der Waals surface area contributed by atoms with Crippen molar-refractivity contribution in [3.63, 3.8) is 0 Å². The summed E-state index contributed by atoms with van der Waals surface area (Å²) in [4.78, 5) is 27.1. The highest BCUT2D eigenvalue weighted by atomic mass is 16.1. The van der Waals surface area contributed by atoms with Gasteiger partial charge in [-0.25, -0.2) is 14.8 Å². The molecule has 3 heterocycles. The van der Waals surface area contributed by atoms with Gasteiger partial charge in [0.1, 0.15) is 0 Å². The Hall–Kier alpha value is -2.15. The maximum absolute atomic E-state index is 11.4. The molecule has 7 nitrogen and oxygen atoms in total. The number of nitrogens with one attached hydrogen (secondary N) is 1. The minimum Gasteiger partial charge on any atom is -0.338 e. The van der Waals surface area contributed by atoms with Crippen molar-refractivity contribution >= 4 is 5.95 Å². The van der Waals surface area contributed by atoms with Gasteiger partial charge in [-0.05, 0) is 6.07 Å². The lowest BCUT2D eigenvalue weighted by Gasteiger charge is -2.34. The lowest BCUT2D eigenvalue weighted by molar-refractivity contribution is 0.246. The zero-order valence-electron chi connectivity index (χ0n) is 11.3. The maximum atomic E-state index is 11.4. The fourth-order valence-electron chi connectivity index (χ4n) is 2.40. The van der Waals surface area contributed by atoms with Crippen LogP contribution in [-0.4, -0.2) is 57.1 Å². The highest BCUT2D eigenvalue weighted by Crippen LogP contribution is 2.09. The number of hydrogen-bond acceptors (Lipinski definition) is 5. The van der Waals surface area contributed by atoms with Gasteiger partial charge in [-0.2, -0.15) is 0 Å². The van der Waals surface area contributed by atoms with Crippen LogP contribution < -0.4 is 10.6 Å². The second kappa shape index (κ2) is 5.87. The first-order chi connectivity index (χ1) is 9.83. The number of H-pyrrole nitrogens is 1. The fraction of sp³-hybridized carbons (Fsp3) is 0.462. The van der Waals surface area contributed by atoms with E-state index in [-0.39, 0.29) is 5.69 Å². The molecule has 1 aliphatic rings. The number of piperazine rings is 1. The van der Waals surface area contributed by atoms with E-state index in [2.05, 4.69) is 24.8 Å². The third-order valence-electron chi connectivity index (χ3n) is 3.59. The number of imidazole rings is 1. The molecule has 1 aliphatic heterocycles. The molecule has 2 aromatic heterocycles. The van der Waals surface area contributed by atoms with Crippen molar-refractivity contribution in [2.75, 3.05) is 37.6 Å². The Kier molecular flexibility index (Phi) is 3.78. The van der Waals surface area contributed by atoms with E-state index in [1.807, 2.05) is 6.07 Å².